The Morgan fingerprint density at radius 3 is 2.38 bits per heavy atom. The molecule has 4 N–H and O–H groups in total. The van der Waals surface area contributed by atoms with Gasteiger partial charge < -0.3 is 0 Å². The van der Waals surface area contributed by atoms with Crippen LogP contribution in [0.25, 0.3) is 0 Å². The van der Waals surface area contributed by atoms with Crippen LogP contribution in [0.15, 0.2) is 23.1 Å². The summed E-state index contributed by atoms with van der Waals surface area (Å²) in [6.07, 6.45) is 0. The molecule has 1 aromatic carbocycles. The highest BCUT2D eigenvalue weighted by Crippen LogP contribution is 2.49. The first-order chi connectivity index (χ1) is 5.88. The molecule has 0 aliphatic heterocycles. The Kier molecular flexibility index (Phi) is 3.55. The van der Waals surface area contributed by atoms with E-state index < -0.39 is 5.54 Å². The van der Waals surface area contributed by atoms with E-state index >= 15 is 0 Å². The van der Waals surface area contributed by atoms with Gasteiger partial charge in [-0.05, 0) is 25.5 Å². The van der Waals surface area contributed by atoms with Crippen LogP contribution in [0.2, 0.25) is 0 Å². The molecule has 0 atom stereocenters. The molecule has 1 aromatic rings. The normalized spacial score (nSPS) is 11.7. The van der Waals surface area contributed by atoms with E-state index in [1.54, 1.807) is 0 Å². The van der Waals surface area contributed by atoms with E-state index in [-0.39, 0.29) is 0 Å². The van der Waals surface area contributed by atoms with E-state index in [0.29, 0.717) is 0 Å². The van der Waals surface area contributed by atoms with Gasteiger partial charge in [-0.3, -0.25) is 11.0 Å². The summed E-state index contributed by atoms with van der Waals surface area (Å²) < 4.78 is 0. The fourth-order valence-corrected chi connectivity index (χ4v) is 3.95. The predicted molar refractivity (Wildman–Crippen MR) is 64.4 cm³/mol. The maximum Gasteiger partial charge on any atom is 0.126 e. The summed E-state index contributed by atoms with van der Waals surface area (Å²) in [6.45, 7) is 4.10. The molecule has 5 heteroatoms. The lowest BCUT2D eigenvalue weighted by atomic mass is 10.2. The number of aryl methyl sites for hydroxylation is 2. The average molecular weight is 232 g/mol. The summed E-state index contributed by atoms with van der Waals surface area (Å²) in [4.78, 5) is 1.10. The fraction of sp³-hybridized carbons (Fsp3) is 0.250. The van der Waals surface area contributed by atoms with Crippen LogP contribution in [-0.4, -0.2) is 0 Å². The Balaban J connectivity index is 2.97. The van der Waals surface area contributed by atoms with Crippen LogP contribution < -0.4 is 11.0 Å². The molecular weight excluding hydrogens is 219 g/mol. The highest BCUT2D eigenvalue weighted by Gasteiger charge is 2.07. The van der Waals surface area contributed by atoms with E-state index in [2.05, 4.69) is 13.0 Å². The topological polar surface area (TPSA) is 52.0 Å². The van der Waals surface area contributed by atoms with Crippen molar-refractivity contribution in [1.29, 1.82) is 0 Å². The van der Waals surface area contributed by atoms with Crippen LogP contribution in [-0.2, 0) is 11.8 Å². The highest BCUT2D eigenvalue weighted by atomic mass is 32.9. The molecule has 1 rings (SSSR count). The third-order valence-corrected chi connectivity index (χ3v) is 4.63. The molecule has 72 valence electrons. The van der Waals surface area contributed by atoms with Crippen LogP contribution in [0.1, 0.15) is 11.1 Å². The Morgan fingerprint density at radius 1 is 1.31 bits per heavy atom. The van der Waals surface area contributed by atoms with Crippen LogP contribution in [0, 0.1) is 13.8 Å². The predicted octanol–water partition coefficient (Wildman–Crippen LogP) is 2.54. The van der Waals surface area contributed by atoms with Gasteiger partial charge in [0, 0.05) is 4.90 Å². The molecule has 0 bridgehead atoms. The third-order valence-electron chi connectivity index (χ3n) is 1.57. The molecule has 0 spiro atoms. The second kappa shape index (κ2) is 4.11. The minimum absolute atomic E-state index is 1.10. The summed E-state index contributed by atoms with van der Waals surface area (Å²) in [5, 5.41) is 0. The molecule has 0 radical (unpaired) electrons. The summed E-state index contributed by atoms with van der Waals surface area (Å²) in [6, 6.07) is 6.17. The number of hydrogen-bond donors (Lipinski definition) is 2. The quantitative estimate of drug-likeness (QED) is 0.769. The number of nitrogens with two attached hydrogens (primary N) is 2. The Morgan fingerprint density at radius 2 is 1.92 bits per heavy atom. The van der Waals surface area contributed by atoms with Crippen LogP contribution >= 0.6 is 16.9 Å². The minimum atomic E-state index is -2.18. The summed E-state index contributed by atoms with van der Waals surface area (Å²) in [5.41, 5.74) is 11.5. The van der Waals surface area contributed by atoms with Gasteiger partial charge in [0.15, 0.2) is 0 Å². The first-order valence-corrected chi connectivity index (χ1v) is 8.19. The summed E-state index contributed by atoms with van der Waals surface area (Å²) >= 11 is 6.41. The van der Waals surface area contributed by atoms with E-state index in [0.717, 1.165) is 4.90 Å². The highest BCUT2D eigenvalue weighted by molar-refractivity contribution is 8.69. The molecule has 0 fully saturated rings. The van der Waals surface area contributed by atoms with Crippen LogP contribution in [0.4, 0.5) is 0 Å². The van der Waals surface area contributed by atoms with Crippen molar-refractivity contribution >= 4 is 28.7 Å². The maximum absolute atomic E-state index is 5.64. The Bertz CT molecular complexity index is 359. The Labute approximate surface area is 87.9 Å². The van der Waals surface area contributed by atoms with Crippen molar-refractivity contribution in [2.24, 2.45) is 11.0 Å². The van der Waals surface area contributed by atoms with Gasteiger partial charge >= 0.3 is 0 Å². The van der Waals surface area contributed by atoms with Gasteiger partial charge in [-0.2, -0.15) is 0 Å². The zero-order valence-electron chi connectivity index (χ0n) is 7.65. The van der Waals surface area contributed by atoms with Crippen molar-refractivity contribution in [3.8, 4) is 0 Å². The fourth-order valence-electron chi connectivity index (χ4n) is 1.06. The van der Waals surface area contributed by atoms with E-state index in [9.17, 15) is 0 Å². The lowest BCUT2D eigenvalue weighted by Crippen LogP contribution is -1.99. The Hall–Kier alpha value is 0.140. The molecule has 0 heterocycles. The van der Waals surface area contributed by atoms with E-state index in [1.165, 1.54) is 22.5 Å². The lowest BCUT2D eigenvalue weighted by Gasteiger charge is -2.11. The molecule has 2 nitrogen and oxygen atoms in total. The summed E-state index contributed by atoms with van der Waals surface area (Å²) in [7, 11) is 0. The zero-order valence-corrected chi connectivity index (χ0v) is 10.2. The number of hydrogen-bond acceptors (Lipinski definition) is 2. The van der Waals surface area contributed by atoms with Gasteiger partial charge in [0.25, 0.3) is 0 Å². The van der Waals surface area contributed by atoms with Gasteiger partial charge in [0.1, 0.15) is 5.54 Å². The molecule has 0 aliphatic rings. The van der Waals surface area contributed by atoms with Crippen molar-refractivity contribution in [2.45, 2.75) is 18.7 Å². The molecule has 0 aromatic heterocycles. The monoisotopic (exact) mass is 232 g/mol. The largest absolute Gasteiger partial charge is 0.283 e. The van der Waals surface area contributed by atoms with E-state index in [1.807, 2.05) is 19.1 Å². The van der Waals surface area contributed by atoms with Crippen molar-refractivity contribution < 1.29 is 0 Å². The first-order valence-electron chi connectivity index (χ1n) is 3.82. The molecule has 0 amide bonds. The van der Waals surface area contributed by atoms with Crippen LogP contribution in [0.3, 0.4) is 0 Å². The molecule has 0 unspecified atom stereocenters. The first kappa shape index (κ1) is 11.2. The van der Waals surface area contributed by atoms with Gasteiger partial charge in [0.05, 0.1) is 0 Å². The maximum atomic E-state index is 5.64. The lowest BCUT2D eigenvalue weighted by molar-refractivity contribution is 1.27. The van der Waals surface area contributed by atoms with Crippen molar-refractivity contribution in [2.75, 3.05) is 0 Å². The third kappa shape index (κ3) is 3.79. The minimum Gasteiger partial charge on any atom is -0.283 e. The van der Waals surface area contributed by atoms with Gasteiger partial charge in [-0.1, -0.05) is 40.9 Å². The van der Waals surface area contributed by atoms with Crippen LogP contribution in [0.5, 0.6) is 0 Å². The SMILES string of the molecule is Cc1ccc(SP(N)(N)=S)c(C)c1. The van der Waals surface area contributed by atoms with Crippen molar-refractivity contribution in [3.63, 3.8) is 0 Å². The molecule has 13 heavy (non-hydrogen) atoms. The molecular formula is C8H13N2PS2. The van der Waals surface area contributed by atoms with Gasteiger partial charge in [0.2, 0.25) is 0 Å². The standard InChI is InChI=1S/C8H13N2PS2/c1-6-3-4-8(7(2)5-6)13-11(9,10)12/h3-5H,1-2H3,(H4,9,10,12). The molecule has 0 saturated heterocycles. The van der Waals surface area contributed by atoms with Gasteiger partial charge in [-0.15, -0.1) is 0 Å². The van der Waals surface area contributed by atoms with Crippen molar-refractivity contribution in [1.82, 2.24) is 0 Å². The van der Waals surface area contributed by atoms with E-state index in [4.69, 9.17) is 22.8 Å². The second-order valence-corrected chi connectivity index (χ2v) is 9.78. The average Bonchev–Trinajstić information content (AvgIpc) is 1.93. The number of benzene rings is 1. The van der Waals surface area contributed by atoms with Gasteiger partial charge in [-0.25, -0.2) is 0 Å². The molecule has 0 aliphatic carbocycles. The molecule has 0 saturated carbocycles. The summed E-state index contributed by atoms with van der Waals surface area (Å²) in [5.74, 6) is 0. The second-order valence-electron chi connectivity index (χ2n) is 3.01. The van der Waals surface area contributed by atoms with Crippen molar-refractivity contribution in [3.05, 3.63) is 29.3 Å². The number of rotatable bonds is 2. The zero-order chi connectivity index (χ0) is 10.1. The smallest absolute Gasteiger partial charge is 0.126 e.